The summed E-state index contributed by atoms with van der Waals surface area (Å²) < 4.78 is 39.4. The molecule has 1 heterocycles. The molecule has 0 saturated heterocycles. The Balaban J connectivity index is 1.94. The molecule has 0 aliphatic heterocycles. The van der Waals surface area contributed by atoms with Gasteiger partial charge in [0.25, 0.3) is 0 Å². The van der Waals surface area contributed by atoms with Gasteiger partial charge in [-0.15, -0.1) is 0 Å². The topological polar surface area (TPSA) is 84.0 Å². The molecule has 0 amide bonds. The Kier molecular flexibility index (Phi) is 5.05. The van der Waals surface area contributed by atoms with Crippen molar-refractivity contribution in [1.82, 2.24) is 14.7 Å². The van der Waals surface area contributed by atoms with Gasteiger partial charge in [-0.25, -0.2) is 27.5 Å². The smallest absolute Gasteiger partial charge is 0.242 e. The Bertz CT molecular complexity index is 712. The molecule has 112 valence electrons. The van der Waals surface area contributed by atoms with Crippen LogP contribution in [0.2, 0.25) is 5.02 Å². The van der Waals surface area contributed by atoms with Crippen molar-refractivity contribution in [3.8, 4) is 0 Å². The van der Waals surface area contributed by atoms with Gasteiger partial charge in [-0.05, 0) is 24.3 Å². The number of nitrogens with one attached hydrogen (secondary N) is 2. The van der Waals surface area contributed by atoms with Gasteiger partial charge in [0.15, 0.2) is 0 Å². The Morgan fingerprint density at radius 2 is 1.90 bits per heavy atom. The number of hydrogen-bond donors (Lipinski definition) is 2. The molecule has 0 radical (unpaired) electrons. The predicted octanol–water partition coefficient (Wildman–Crippen LogP) is 1.66. The summed E-state index contributed by atoms with van der Waals surface area (Å²) in [6.07, 6.45) is 3.12. The molecule has 0 aliphatic carbocycles. The van der Waals surface area contributed by atoms with Crippen LogP contribution >= 0.6 is 11.6 Å². The third-order valence-corrected chi connectivity index (χ3v) is 4.39. The minimum absolute atomic E-state index is 0.0387. The first kappa shape index (κ1) is 15.6. The van der Waals surface area contributed by atoms with Crippen LogP contribution in [0.4, 0.5) is 10.3 Å². The molecule has 0 bridgehead atoms. The maximum Gasteiger partial charge on any atom is 0.242 e. The van der Waals surface area contributed by atoms with Crippen LogP contribution in [0.25, 0.3) is 0 Å². The van der Waals surface area contributed by atoms with E-state index in [1.54, 1.807) is 18.5 Å². The number of aromatic nitrogens is 2. The van der Waals surface area contributed by atoms with E-state index in [2.05, 4.69) is 20.0 Å². The van der Waals surface area contributed by atoms with Crippen molar-refractivity contribution in [3.05, 3.63) is 47.5 Å². The Hall–Kier alpha value is -1.77. The summed E-state index contributed by atoms with van der Waals surface area (Å²) in [5.41, 5.74) is 0. The quantitative estimate of drug-likeness (QED) is 0.787. The average molecular weight is 331 g/mol. The van der Waals surface area contributed by atoms with Crippen LogP contribution in [0.15, 0.2) is 41.6 Å². The second-order valence-corrected chi connectivity index (χ2v) is 6.11. The summed E-state index contributed by atoms with van der Waals surface area (Å²) >= 11 is 5.77. The zero-order valence-corrected chi connectivity index (χ0v) is 12.3. The summed E-state index contributed by atoms with van der Waals surface area (Å²) in [7, 11) is -3.87. The van der Waals surface area contributed by atoms with Crippen molar-refractivity contribution in [3.63, 3.8) is 0 Å². The third-order valence-electron chi connectivity index (χ3n) is 2.45. The summed E-state index contributed by atoms with van der Waals surface area (Å²) in [6, 6.07) is 4.83. The molecule has 0 fully saturated rings. The molecular formula is C12H12ClFN4O2S. The van der Waals surface area contributed by atoms with E-state index in [1.807, 2.05) is 0 Å². The van der Waals surface area contributed by atoms with Crippen molar-refractivity contribution in [2.45, 2.75) is 4.90 Å². The zero-order chi connectivity index (χ0) is 15.3. The molecule has 6 nitrogen and oxygen atoms in total. The Labute approximate surface area is 126 Å². The molecule has 0 aliphatic rings. The second-order valence-electron chi connectivity index (χ2n) is 3.97. The fourth-order valence-corrected chi connectivity index (χ4v) is 3.05. The number of rotatable bonds is 6. The molecule has 2 aromatic rings. The van der Waals surface area contributed by atoms with Crippen LogP contribution in [0.1, 0.15) is 0 Å². The van der Waals surface area contributed by atoms with E-state index in [-0.39, 0.29) is 23.0 Å². The highest BCUT2D eigenvalue weighted by Gasteiger charge is 2.18. The van der Waals surface area contributed by atoms with Gasteiger partial charge in [0, 0.05) is 25.5 Å². The average Bonchev–Trinajstić information content (AvgIpc) is 2.47. The second kappa shape index (κ2) is 6.79. The fourth-order valence-electron chi connectivity index (χ4n) is 1.51. The maximum absolute atomic E-state index is 13.1. The highest BCUT2D eigenvalue weighted by atomic mass is 35.5. The van der Waals surface area contributed by atoms with Gasteiger partial charge in [-0.1, -0.05) is 11.6 Å². The van der Waals surface area contributed by atoms with Gasteiger partial charge >= 0.3 is 0 Å². The van der Waals surface area contributed by atoms with Crippen molar-refractivity contribution in [2.24, 2.45) is 0 Å². The van der Waals surface area contributed by atoms with Gasteiger partial charge < -0.3 is 5.32 Å². The lowest BCUT2D eigenvalue weighted by atomic mass is 10.3. The highest BCUT2D eigenvalue weighted by molar-refractivity contribution is 7.89. The Morgan fingerprint density at radius 1 is 1.19 bits per heavy atom. The molecule has 9 heteroatoms. The molecule has 0 spiro atoms. The largest absolute Gasteiger partial charge is 0.353 e. The van der Waals surface area contributed by atoms with Crippen molar-refractivity contribution in [1.29, 1.82) is 0 Å². The van der Waals surface area contributed by atoms with Gasteiger partial charge in [-0.2, -0.15) is 0 Å². The lowest BCUT2D eigenvalue weighted by Crippen LogP contribution is -2.29. The molecule has 1 aromatic heterocycles. The molecule has 2 N–H and O–H groups in total. The van der Waals surface area contributed by atoms with Gasteiger partial charge in [0.1, 0.15) is 10.7 Å². The zero-order valence-electron chi connectivity index (χ0n) is 10.8. The lowest BCUT2D eigenvalue weighted by molar-refractivity contribution is 0.579. The SMILES string of the molecule is O=S(=O)(NCCNc1ncccn1)c1cc(F)ccc1Cl. The van der Waals surface area contributed by atoms with Crippen LogP contribution in [0.5, 0.6) is 0 Å². The van der Waals surface area contributed by atoms with E-state index in [4.69, 9.17) is 11.6 Å². The molecule has 2 rings (SSSR count). The monoisotopic (exact) mass is 330 g/mol. The summed E-state index contributed by atoms with van der Waals surface area (Å²) in [6.45, 7) is 0.351. The molecule has 21 heavy (non-hydrogen) atoms. The van der Waals surface area contributed by atoms with Crippen LogP contribution < -0.4 is 10.0 Å². The highest BCUT2D eigenvalue weighted by Crippen LogP contribution is 2.21. The van der Waals surface area contributed by atoms with Crippen molar-refractivity contribution >= 4 is 27.6 Å². The van der Waals surface area contributed by atoms with E-state index in [1.165, 1.54) is 6.07 Å². The first-order valence-electron chi connectivity index (χ1n) is 5.94. The van der Waals surface area contributed by atoms with Crippen LogP contribution in [-0.2, 0) is 10.0 Å². The van der Waals surface area contributed by atoms with E-state index in [9.17, 15) is 12.8 Å². The van der Waals surface area contributed by atoms with Crippen molar-refractivity contribution in [2.75, 3.05) is 18.4 Å². The van der Waals surface area contributed by atoms with Gasteiger partial charge in [0.05, 0.1) is 5.02 Å². The molecule has 1 aromatic carbocycles. The molecule has 0 atom stereocenters. The molecule has 0 saturated carbocycles. The number of nitrogens with zero attached hydrogens (tertiary/aromatic N) is 2. The van der Waals surface area contributed by atoms with Crippen LogP contribution in [0, 0.1) is 5.82 Å². The first-order valence-corrected chi connectivity index (χ1v) is 7.81. The van der Waals surface area contributed by atoms with E-state index in [0.29, 0.717) is 5.95 Å². The lowest BCUT2D eigenvalue weighted by Gasteiger charge is -2.09. The summed E-state index contributed by atoms with van der Waals surface area (Å²) in [4.78, 5) is 7.56. The van der Waals surface area contributed by atoms with Crippen molar-refractivity contribution < 1.29 is 12.8 Å². The van der Waals surface area contributed by atoms with E-state index < -0.39 is 15.8 Å². The predicted molar refractivity (Wildman–Crippen MR) is 77.1 cm³/mol. The number of sulfonamides is 1. The number of anilines is 1. The molecular weight excluding hydrogens is 319 g/mol. The fraction of sp³-hybridized carbons (Fsp3) is 0.167. The van der Waals surface area contributed by atoms with E-state index >= 15 is 0 Å². The molecule has 0 unspecified atom stereocenters. The first-order chi connectivity index (χ1) is 9.99. The Morgan fingerprint density at radius 3 is 2.62 bits per heavy atom. The summed E-state index contributed by atoms with van der Waals surface area (Å²) in [5, 5.41) is 2.80. The standard InChI is InChI=1S/C12H12ClFN4O2S/c13-10-3-2-9(14)8-11(10)21(19,20)18-7-6-17-12-15-4-1-5-16-12/h1-5,8,18H,6-7H2,(H,15,16,17). The normalized spacial score (nSPS) is 11.3. The number of hydrogen-bond acceptors (Lipinski definition) is 5. The third kappa shape index (κ3) is 4.35. The summed E-state index contributed by atoms with van der Waals surface area (Å²) in [5.74, 6) is -0.281. The minimum atomic E-state index is -3.87. The number of benzene rings is 1. The van der Waals surface area contributed by atoms with Crippen LogP contribution in [0.3, 0.4) is 0 Å². The van der Waals surface area contributed by atoms with Gasteiger partial charge in [0.2, 0.25) is 16.0 Å². The van der Waals surface area contributed by atoms with Crippen LogP contribution in [-0.4, -0.2) is 31.5 Å². The maximum atomic E-state index is 13.1. The van der Waals surface area contributed by atoms with Gasteiger partial charge in [-0.3, -0.25) is 0 Å². The minimum Gasteiger partial charge on any atom is -0.353 e. The van der Waals surface area contributed by atoms with E-state index in [0.717, 1.165) is 12.1 Å². The number of halogens is 2.